The van der Waals surface area contributed by atoms with Crippen LogP contribution in [0.3, 0.4) is 0 Å². The first-order valence-corrected chi connectivity index (χ1v) is 10.7. The summed E-state index contributed by atoms with van der Waals surface area (Å²) in [6, 6.07) is 15.0. The van der Waals surface area contributed by atoms with Crippen molar-refractivity contribution in [2.75, 3.05) is 26.3 Å². The first-order chi connectivity index (χ1) is 14.2. The maximum absolute atomic E-state index is 10.1. The molecule has 4 N–H and O–H groups in total. The van der Waals surface area contributed by atoms with Gasteiger partial charge in [-0.15, -0.1) is 0 Å². The molecule has 0 saturated carbocycles. The third-order valence-electron chi connectivity index (χ3n) is 4.96. The largest absolute Gasteiger partial charge is 0.504 e. The highest BCUT2D eigenvalue weighted by molar-refractivity contribution is 5.41. The molecule has 0 spiro atoms. The summed E-state index contributed by atoms with van der Waals surface area (Å²) >= 11 is 0. The Kier molecular flexibility index (Phi) is 11.2. The molecule has 0 heterocycles. The minimum Gasteiger partial charge on any atom is -0.504 e. The summed E-state index contributed by atoms with van der Waals surface area (Å²) in [5.74, 6) is -0.384. The molecule has 0 amide bonds. The molecule has 2 rings (SSSR count). The zero-order chi connectivity index (χ0) is 20.7. The van der Waals surface area contributed by atoms with E-state index in [1.54, 1.807) is 6.07 Å². The number of unbranched alkanes of at least 4 members (excludes halogenated alkanes) is 4. The molecule has 1 unspecified atom stereocenters. The first-order valence-electron chi connectivity index (χ1n) is 10.7. The van der Waals surface area contributed by atoms with Gasteiger partial charge in [-0.3, -0.25) is 0 Å². The Morgan fingerprint density at radius 2 is 1.52 bits per heavy atom. The highest BCUT2D eigenvalue weighted by Crippen LogP contribution is 2.27. The monoisotopic (exact) mass is 401 g/mol. The van der Waals surface area contributed by atoms with Crippen molar-refractivity contribution in [3.63, 3.8) is 0 Å². The second-order valence-electron chi connectivity index (χ2n) is 7.44. The summed E-state index contributed by atoms with van der Waals surface area (Å²) < 4.78 is 5.71. The Morgan fingerprint density at radius 1 is 0.793 bits per heavy atom. The van der Waals surface area contributed by atoms with E-state index in [1.807, 2.05) is 0 Å². The Labute approximate surface area is 174 Å². The summed E-state index contributed by atoms with van der Waals surface area (Å²) in [6.45, 7) is 2.96. The van der Waals surface area contributed by atoms with Crippen molar-refractivity contribution in [2.24, 2.45) is 0 Å². The van der Waals surface area contributed by atoms with Crippen molar-refractivity contribution in [1.82, 2.24) is 5.32 Å². The van der Waals surface area contributed by atoms with E-state index < -0.39 is 6.10 Å². The molecule has 2 aromatic carbocycles. The van der Waals surface area contributed by atoms with Crippen molar-refractivity contribution in [3.05, 3.63) is 59.7 Å². The molecule has 0 bridgehead atoms. The number of aryl methyl sites for hydroxylation is 1. The lowest BCUT2D eigenvalue weighted by Gasteiger charge is -2.13. The zero-order valence-electron chi connectivity index (χ0n) is 17.2. The third kappa shape index (κ3) is 9.79. The van der Waals surface area contributed by atoms with Crippen LogP contribution in [0.2, 0.25) is 0 Å². The standard InChI is InChI=1S/C24H35NO4/c26-22-14-13-21(18-23(22)27)24(28)19-25-15-7-1-2-8-16-29-17-9-6-12-20-10-4-3-5-11-20/h3-5,10-11,13-14,18,24-28H,1-2,6-9,12,15-17,19H2. The van der Waals surface area contributed by atoms with Gasteiger partial charge in [0.05, 0.1) is 6.10 Å². The van der Waals surface area contributed by atoms with Crippen LogP contribution in [0.15, 0.2) is 48.5 Å². The molecule has 29 heavy (non-hydrogen) atoms. The van der Waals surface area contributed by atoms with Crippen molar-refractivity contribution >= 4 is 0 Å². The van der Waals surface area contributed by atoms with Gasteiger partial charge >= 0.3 is 0 Å². The number of hydrogen-bond donors (Lipinski definition) is 4. The predicted octanol–water partition coefficient (Wildman–Crippen LogP) is 4.32. The first kappa shape index (κ1) is 23.2. The molecule has 0 aromatic heterocycles. The molecule has 0 saturated heterocycles. The van der Waals surface area contributed by atoms with Crippen LogP contribution in [0, 0.1) is 0 Å². The lowest BCUT2D eigenvalue weighted by atomic mass is 10.1. The van der Waals surface area contributed by atoms with Crippen molar-refractivity contribution in [1.29, 1.82) is 0 Å². The normalized spacial score (nSPS) is 12.2. The van der Waals surface area contributed by atoms with Crippen LogP contribution < -0.4 is 5.32 Å². The maximum Gasteiger partial charge on any atom is 0.157 e. The Hall–Kier alpha value is -2.08. The number of rotatable bonds is 15. The number of benzene rings is 2. The number of aliphatic hydroxyl groups is 1. The van der Waals surface area contributed by atoms with Crippen LogP contribution in [0.25, 0.3) is 0 Å². The molecule has 2 aromatic rings. The van der Waals surface area contributed by atoms with Crippen LogP contribution in [-0.2, 0) is 11.2 Å². The number of hydrogen-bond acceptors (Lipinski definition) is 5. The minimum atomic E-state index is -0.697. The van der Waals surface area contributed by atoms with Gasteiger partial charge in [0.15, 0.2) is 11.5 Å². The average molecular weight is 402 g/mol. The third-order valence-corrected chi connectivity index (χ3v) is 4.96. The highest BCUT2D eigenvalue weighted by atomic mass is 16.5. The van der Waals surface area contributed by atoms with Crippen molar-refractivity contribution < 1.29 is 20.1 Å². The Balaban J connectivity index is 1.36. The van der Waals surface area contributed by atoms with E-state index >= 15 is 0 Å². The Bertz CT molecular complexity index is 678. The molecule has 5 nitrogen and oxygen atoms in total. The fourth-order valence-electron chi connectivity index (χ4n) is 3.19. The second-order valence-corrected chi connectivity index (χ2v) is 7.44. The number of nitrogens with one attached hydrogen (secondary N) is 1. The van der Waals surface area contributed by atoms with E-state index in [4.69, 9.17) is 4.74 Å². The average Bonchev–Trinajstić information content (AvgIpc) is 2.74. The van der Waals surface area contributed by atoms with Gasteiger partial charge in [-0.25, -0.2) is 0 Å². The quantitative estimate of drug-likeness (QED) is 0.264. The summed E-state index contributed by atoms with van der Waals surface area (Å²) in [5, 5.41) is 32.1. The van der Waals surface area contributed by atoms with Gasteiger partial charge < -0.3 is 25.4 Å². The lowest BCUT2D eigenvalue weighted by molar-refractivity contribution is 0.126. The molecule has 160 valence electrons. The molecule has 0 aliphatic heterocycles. The highest BCUT2D eigenvalue weighted by Gasteiger charge is 2.09. The molecular weight excluding hydrogens is 366 g/mol. The maximum atomic E-state index is 10.1. The molecule has 5 heteroatoms. The van der Waals surface area contributed by atoms with E-state index in [-0.39, 0.29) is 11.5 Å². The fraction of sp³-hybridized carbons (Fsp3) is 0.500. The van der Waals surface area contributed by atoms with Gasteiger partial charge in [0.25, 0.3) is 0 Å². The number of ether oxygens (including phenoxy) is 1. The summed E-state index contributed by atoms with van der Waals surface area (Å²) in [5.41, 5.74) is 1.99. The number of phenols is 2. The number of aliphatic hydroxyl groups excluding tert-OH is 1. The molecule has 1 atom stereocenters. The summed E-state index contributed by atoms with van der Waals surface area (Å²) in [6.07, 6.45) is 7.15. The van der Waals surface area contributed by atoms with Gasteiger partial charge in [-0.2, -0.15) is 0 Å². The van der Waals surface area contributed by atoms with E-state index in [1.165, 1.54) is 24.1 Å². The van der Waals surface area contributed by atoms with Gasteiger partial charge in [-0.1, -0.05) is 49.2 Å². The van der Waals surface area contributed by atoms with Crippen LogP contribution in [0.4, 0.5) is 0 Å². The van der Waals surface area contributed by atoms with Crippen molar-refractivity contribution in [2.45, 2.75) is 51.0 Å². The van der Waals surface area contributed by atoms with Gasteiger partial charge in [0.2, 0.25) is 0 Å². The number of aromatic hydroxyl groups is 2. The van der Waals surface area contributed by atoms with Gasteiger partial charge in [0.1, 0.15) is 0 Å². The second kappa shape index (κ2) is 14.0. The fourth-order valence-corrected chi connectivity index (χ4v) is 3.19. The summed E-state index contributed by atoms with van der Waals surface area (Å²) in [7, 11) is 0. The molecule has 0 aliphatic carbocycles. The van der Waals surface area contributed by atoms with E-state index in [0.29, 0.717) is 12.1 Å². The molecule has 0 fully saturated rings. The zero-order valence-corrected chi connectivity index (χ0v) is 17.2. The van der Waals surface area contributed by atoms with E-state index in [2.05, 4.69) is 35.6 Å². The number of phenolic OH excluding ortho intramolecular Hbond substituents is 2. The van der Waals surface area contributed by atoms with E-state index in [9.17, 15) is 15.3 Å². The topological polar surface area (TPSA) is 82.0 Å². The Morgan fingerprint density at radius 3 is 2.28 bits per heavy atom. The van der Waals surface area contributed by atoms with Crippen LogP contribution in [0.5, 0.6) is 11.5 Å². The van der Waals surface area contributed by atoms with Gasteiger partial charge in [0, 0.05) is 19.8 Å². The summed E-state index contributed by atoms with van der Waals surface area (Å²) in [4.78, 5) is 0. The van der Waals surface area contributed by atoms with Crippen LogP contribution >= 0.6 is 0 Å². The van der Waals surface area contributed by atoms with E-state index in [0.717, 1.165) is 58.3 Å². The lowest BCUT2D eigenvalue weighted by Crippen LogP contribution is -2.22. The SMILES string of the molecule is Oc1ccc(C(O)CNCCCCCCOCCCCc2ccccc2)cc1O. The van der Waals surface area contributed by atoms with Crippen LogP contribution in [0.1, 0.15) is 55.8 Å². The molecule has 0 aliphatic rings. The van der Waals surface area contributed by atoms with Crippen molar-refractivity contribution in [3.8, 4) is 11.5 Å². The smallest absolute Gasteiger partial charge is 0.157 e. The van der Waals surface area contributed by atoms with Gasteiger partial charge in [-0.05, 0) is 61.9 Å². The molecule has 0 radical (unpaired) electrons. The molecular formula is C24H35NO4. The minimum absolute atomic E-state index is 0.176. The predicted molar refractivity (Wildman–Crippen MR) is 116 cm³/mol. The van der Waals surface area contributed by atoms with Crippen LogP contribution in [-0.4, -0.2) is 41.6 Å².